The van der Waals surface area contributed by atoms with Crippen LogP contribution in [-0.2, 0) is 4.79 Å². The van der Waals surface area contributed by atoms with Gasteiger partial charge in [0.15, 0.2) is 0 Å². The lowest BCUT2D eigenvalue weighted by Gasteiger charge is -2.24. The van der Waals surface area contributed by atoms with E-state index in [0.717, 1.165) is 5.69 Å². The summed E-state index contributed by atoms with van der Waals surface area (Å²) in [6.07, 6.45) is 0. The van der Waals surface area contributed by atoms with Crippen LogP contribution in [0.2, 0.25) is 0 Å². The zero-order valence-electron chi connectivity index (χ0n) is 9.27. The third kappa shape index (κ3) is 2.50. The normalized spacial score (nSPS) is 11.9. The van der Waals surface area contributed by atoms with Crippen molar-refractivity contribution in [3.8, 4) is 0 Å². The number of carboxylic acid groups (broad SMARTS) is 1. The number of hydrogen-bond acceptors (Lipinski definition) is 3. The van der Waals surface area contributed by atoms with Crippen LogP contribution in [0.4, 0.5) is 5.69 Å². The SMILES string of the molecule is C[C@H](C(=O)O)N(C)c1cccc(C(=N)N)c1. The number of aliphatic carboxylic acids is 1. The first-order valence-electron chi connectivity index (χ1n) is 4.83. The minimum Gasteiger partial charge on any atom is -0.480 e. The highest BCUT2D eigenvalue weighted by Crippen LogP contribution is 2.16. The highest BCUT2D eigenvalue weighted by Gasteiger charge is 2.17. The van der Waals surface area contributed by atoms with Gasteiger partial charge in [0.2, 0.25) is 0 Å². The number of carboxylic acids is 1. The van der Waals surface area contributed by atoms with E-state index in [1.165, 1.54) is 0 Å². The van der Waals surface area contributed by atoms with Gasteiger partial charge in [-0.3, -0.25) is 5.41 Å². The van der Waals surface area contributed by atoms with E-state index >= 15 is 0 Å². The monoisotopic (exact) mass is 221 g/mol. The maximum Gasteiger partial charge on any atom is 0.326 e. The summed E-state index contributed by atoms with van der Waals surface area (Å²) in [5, 5.41) is 16.2. The van der Waals surface area contributed by atoms with Gasteiger partial charge < -0.3 is 15.7 Å². The third-order valence-corrected chi connectivity index (χ3v) is 2.50. The molecule has 1 atom stereocenters. The Morgan fingerprint density at radius 1 is 1.56 bits per heavy atom. The number of rotatable bonds is 4. The molecule has 0 fully saturated rings. The van der Waals surface area contributed by atoms with Crippen molar-refractivity contribution in [2.75, 3.05) is 11.9 Å². The summed E-state index contributed by atoms with van der Waals surface area (Å²) in [5.74, 6) is -0.922. The van der Waals surface area contributed by atoms with Crippen LogP contribution in [-0.4, -0.2) is 30.0 Å². The number of anilines is 1. The van der Waals surface area contributed by atoms with Crippen LogP contribution in [0.1, 0.15) is 12.5 Å². The Balaban J connectivity index is 3.00. The van der Waals surface area contributed by atoms with Gasteiger partial charge in [0.1, 0.15) is 11.9 Å². The van der Waals surface area contributed by atoms with E-state index in [-0.39, 0.29) is 5.84 Å². The van der Waals surface area contributed by atoms with Crippen LogP contribution in [0.15, 0.2) is 24.3 Å². The predicted octanol–water partition coefficient (Wildman–Crippen LogP) is 0.880. The summed E-state index contributed by atoms with van der Waals surface area (Å²) in [6, 6.07) is 6.32. The minimum absolute atomic E-state index is 0.0294. The average Bonchev–Trinajstić information content (AvgIpc) is 2.27. The Bertz CT molecular complexity index is 417. The van der Waals surface area contributed by atoms with Crippen molar-refractivity contribution in [2.24, 2.45) is 5.73 Å². The molecule has 0 aromatic heterocycles. The molecule has 1 rings (SSSR count). The molecule has 16 heavy (non-hydrogen) atoms. The molecule has 0 aliphatic rings. The number of amidine groups is 1. The van der Waals surface area contributed by atoms with Crippen LogP contribution in [0, 0.1) is 5.41 Å². The first-order valence-corrected chi connectivity index (χ1v) is 4.83. The molecule has 86 valence electrons. The van der Waals surface area contributed by atoms with Crippen molar-refractivity contribution in [1.82, 2.24) is 0 Å². The van der Waals surface area contributed by atoms with Crippen LogP contribution in [0.25, 0.3) is 0 Å². The van der Waals surface area contributed by atoms with Crippen LogP contribution >= 0.6 is 0 Å². The van der Waals surface area contributed by atoms with Gasteiger partial charge in [-0.15, -0.1) is 0 Å². The molecule has 0 aliphatic heterocycles. The number of likely N-dealkylation sites (N-methyl/N-ethyl adjacent to an activating group) is 1. The number of nitrogen functional groups attached to an aromatic ring is 1. The highest BCUT2D eigenvalue weighted by molar-refractivity contribution is 5.96. The number of nitrogens with one attached hydrogen (secondary N) is 1. The van der Waals surface area contributed by atoms with Crippen LogP contribution < -0.4 is 10.6 Å². The molecule has 1 aromatic rings. The first-order chi connectivity index (χ1) is 7.43. The Labute approximate surface area is 94.0 Å². The average molecular weight is 221 g/mol. The second-order valence-corrected chi connectivity index (χ2v) is 3.59. The van der Waals surface area contributed by atoms with Crippen molar-refractivity contribution >= 4 is 17.5 Å². The fourth-order valence-electron chi connectivity index (χ4n) is 1.28. The molecule has 1 aromatic carbocycles. The molecule has 5 heteroatoms. The number of nitrogens with zero attached hydrogens (tertiary/aromatic N) is 1. The van der Waals surface area contributed by atoms with Crippen molar-refractivity contribution in [2.45, 2.75) is 13.0 Å². The molecule has 0 saturated carbocycles. The summed E-state index contributed by atoms with van der Waals surface area (Å²) >= 11 is 0. The molecule has 0 radical (unpaired) electrons. The zero-order chi connectivity index (χ0) is 12.3. The quantitative estimate of drug-likeness (QED) is 0.520. The smallest absolute Gasteiger partial charge is 0.326 e. The van der Waals surface area contributed by atoms with E-state index in [1.807, 2.05) is 0 Å². The molecule has 4 N–H and O–H groups in total. The van der Waals surface area contributed by atoms with Crippen molar-refractivity contribution in [3.05, 3.63) is 29.8 Å². The Hall–Kier alpha value is -2.04. The maximum absolute atomic E-state index is 10.8. The summed E-state index contributed by atoms with van der Waals surface area (Å²) in [6.45, 7) is 1.60. The Kier molecular flexibility index (Phi) is 3.50. The number of hydrogen-bond donors (Lipinski definition) is 3. The van der Waals surface area contributed by atoms with Crippen LogP contribution in [0.5, 0.6) is 0 Å². The van der Waals surface area contributed by atoms with E-state index in [1.54, 1.807) is 43.1 Å². The lowest BCUT2D eigenvalue weighted by Crippen LogP contribution is -2.35. The molecule has 5 nitrogen and oxygen atoms in total. The largest absolute Gasteiger partial charge is 0.480 e. The zero-order valence-corrected chi connectivity index (χ0v) is 9.27. The van der Waals surface area contributed by atoms with Crippen LogP contribution in [0.3, 0.4) is 0 Å². The standard InChI is InChI=1S/C11H15N3O2/c1-7(11(15)16)14(2)9-5-3-4-8(6-9)10(12)13/h3-7H,1-2H3,(H3,12,13)(H,15,16)/t7-/m1/s1. The van der Waals surface area contributed by atoms with E-state index in [0.29, 0.717) is 5.56 Å². The predicted molar refractivity (Wildman–Crippen MR) is 63.0 cm³/mol. The van der Waals surface area contributed by atoms with Gasteiger partial charge in [-0.25, -0.2) is 4.79 Å². The molecular formula is C11H15N3O2. The van der Waals surface area contributed by atoms with E-state index < -0.39 is 12.0 Å². The summed E-state index contributed by atoms with van der Waals surface area (Å²) in [4.78, 5) is 12.4. The molecule has 0 bridgehead atoms. The summed E-state index contributed by atoms with van der Waals surface area (Å²) in [5.41, 5.74) is 6.68. The molecular weight excluding hydrogens is 206 g/mol. The van der Waals surface area contributed by atoms with E-state index in [2.05, 4.69) is 0 Å². The minimum atomic E-state index is -0.893. The molecule has 0 heterocycles. The Morgan fingerprint density at radius 2 is 2.19 bits per heavy atom. The molecule has 0 aliphatic carbocycles. The fourth-order valence-corrected chi connectivity index (χ4v) is 1.28. The summed E-state index contributed by atoms with van der Waals surface area (Å²) in [7, 11) is 1.69. The molecule has 0 unspecified atom stereocenters. The topological polar surface area (TPSA) is 90.4 Å². The molecule has 0 saturated heterocycles. The van der Waals surface area contributed by atoms with Gasteiger partial charge in [0.25, 0.3) is 0 Å². The van der Waals surface area contributed by atoms with Crippen molar-refractivity contribution in [1.29, 1.82) is 5.41 Å². The lowest BCUT2D eigenvalue weighted by atomic mass is 10.1. The van der Waals surface area contributed by atoms with E-state index in [9.17, 15) is 4.79 Å². The highest BCUT2D eigenvalue weighted by atomic mass is 16.4. The second kappa shape index (κ2) is 4.65. The Morgan fingerprint density at radius 3 is 2.69 bits per heavy atom. The van der Waals surface area contributed by atoms with Gasteiger partial charge in [-0.05, 0) is 19.1 Å². The van der Waals surface area contributed by atoms with Gasteiger partial charge in [-0.1, -0.05) is 12.1 Å². The third-order valence-electron chi connectivity index (χ3n) is 2.50. The number of benzene rings is 1. The first kappa shape index (κ1) is 12.0. The van der Waals surface area contributed by atoms with Gasteiger partial charge in [0.05, 0.1) is 0 Å². The summed E-state index contributed by atoms with van der Waals surface area (Å²) < 4.78 is 0. The van der Waals surface area contributed by atoms with Gasteiger partial charge in [-0.2, -0.15) is 0 Å². The molecule has 0 amide bonds. The van der Waals surface area contributed by atoms with E-state index in [4.69, 9.17) is 16.2 Å². The van der Waals surface area contributed by atoms with Crippen molar-refractivity contribution in [3.63, 3.8) is 0 Å². The second-order valence-electron chi connectivity index (χ2n) is 3.59. The number of nitrogens with two attached hydrogens (primary N) is 1. The van der Waals surface area contributed by atoms with Crippen molar-refractivity contribution < 1.29 is 9.90 Å². The number of carbonyl (C=O) groups is 1. The van der Waals surface area contributed by atoms with Gasteiger partial charge in [0, 0.05) is 18.3 Å². The van der Waals surface area contributed by atoms with Gasteiger partial charge >= 0.3 is 5.97 Å². The fraction of sp³-hybridized carbons (Fsp3) is 0.273. The lowest BCUT2D eigenvalue weighted by molar-refractivity contribution is -0.138. The maximum atomic E-state index is 10.8. The molecule has 0 spiro atoms.